The van der Waals surface area contributed by atoms with E-state index in [4.69, 9.17) is 4.74 Å². The summed E-state index contributed by atoms with van der Waals surface area (Å²) in [4.78, 5) is 19.3. The van der Waals surface area contributed by atoms with Crippen LogP contribution in [0.1, 0.15) is 12.5 Å². The van der Waals surface area contributed by atoms with Crippen LogP contribution in [0.3, 0.4) is 0 Å². The summed E-state index contributed by atoms with van der Waals surface area (Å²) in [5.41, 5.74) is 1.54. The molecule has 1 N–H and O–H groups in total. The number of benzene rings is 3. The lowest BCUT2D eigenvalue weighted by Gasteiger charge is -2.11. The minimum atomic E-state index is -0.538. The Kier molecular flexibility index (Phi) is 5.03. The summed E-state index contributed by atoms with van der Waals surface area (Å²) >= 11 is 0. The number of aromatic nitrogens is 2. The number of hydrogen-bond acceptors (Lipinski definition) is 6. The summed E-state index contributed by atoms with van der Waals surface area (Å²) in [5.74, 6) is 0.429. The van der Waals surface area contributed by atoms with Gasteiger partial charge in [-0.2, -0.15) is 4.98 Å². The van der Waals surface area contributed by atoms with Gasteiger partial charge >= 0.3 is 11.6 Å². The van der Waals surface area contributed by atoms with Gasteiger partial charge in [-0.15, -0.1) is 0 Å². The Labute approximate surface area is 167 Å². The lowest BCUT2D eigenvalue weighted by Crippen LogP contribution is -2.04. The fourth-order valence-electron chi connectivity index (χ4n) is 3.06. The van der Waals surface area contributed by atoms with Crippen molar-refractivity contribution in [3.8, 4) is 11.6 Å². The van der Waals surface area contributed by atoms with Crippen molar-refractivity contribution in [1.29, 1.82) is 0 Å². The van der Waals surface area contributed by atoms with Gasteiger partial charge in [-0.05, 0) is 35.6 Å². The van der Waals surface area contributed by atoms with Gasteiger partial charge in [0.15, 0.2) is 0 Å². The van der Waals surface area contributed by atoms with Crippen molar-refractivity contribution >= 4 is 28.0 Å². The molecule has 0 aliphatic carbocycles. The first-order chi connectivity index (χ1) is 14.2. The van der Waals surface area contributed by atoms with Crippen LogP contribution in [0.4, 0.5) is 17.2 Å². The molecule has 4 aromatic rings. The van der Waals surface area contributed by atoms with Crippen LogP contribution in [0.15, 0.2) is 73.1 Å². The van der Waals surface area contributed by atoms with E-state index >= 15 is 0 Å². The first kappa shape index (κ1) is 18.4. The third-order valence-corrected chi connectivity index (χ3v) is 4.56. The highest BCUT2D eigenvalue weighted by Crippen LogP contribution is 2.36. The lowest BCUT2D eigenvalue weighted by atomic mass is 10.1. The number of hydrogen-bond donors (Lipinski definition) is 1. The molecule has 0 aliphatic rings. The van der Waals surface area contributed by atoms with Gasteiger partial charge in [0.2, 0.25) is 5.82 Å². The second kappa shape index (κ2) is 7.93. The van der Waals surface area contributed by atoms with E-state index in [1.165, 1.54) is 6.33 Å². The highest BCUT2D eigenvalue weighted by Gasteiger charge is 2.25. The van der Waals surface area contributed by atoms with Crippen LogP contribution in [-0.4, -0.2) is 14.9 Å². The minimum absolute atomic E-state index is 0.0709. The van der Waals surface area contributed by atoms with Crippen molar-refractivity contribution < 1.29 is 9.66 Å². The Morgan fingerprint density at radius 3 is 2.52 bits per heavy atom. The van der Waals surface area contributed by atoms with E-state index in [1.807, 2.05) is 54.6 Å². The van der Waals surface area contributed by atoms with Gasteiger partial charge in [-0.25, -0.2) is 4.98 Å². The number of fused-ring (bicyclic) bond motifs is 1. The van der Waals surface area contributed by atoms with E-state index in [1.54, 1.807) is 12.1 Å². The summed E-state index contributed by atoms with van der Waals surface area (Å²) in [6.45, 7) is 2.05. The Balaban J connectivity index is 1.72. The van der Waals surface area contributed by atoms with Crippen LogP contribution in [0.2, 0.25) is 0 Å². The first-order valence-electron chi connectivity index (χ1n) is 9.16. The molecular formula is C22H18N4O3. The van der Waals surface area contributed by atoms with Crippen molar-refractivity contribution in [2.75, 3.05) is 5.32 Å². The molecule has 0 atom stereocenters. The van der Waals surface area contributed by atoms with Gasteiger partial charge in [0.05, 0.1) is 4.92 Å². The molecule has 0 bridgehead atoms. The molecule has 0 spiro atoms. The maximum absolute atomic E-state index is 11.8. The van der Waals surface area contributed by atoms with Gasteiger partial charge < -0.3 is 10.1 Å². The molecule has 0 saturated carbocycles. The van der Waals surface area contributed by atoms with Crippen LogP contribution in [0, 0.1) is 10.1 Å². The van der Waals surface area contributed by atoms with Gasteiger partial charge in [0.1, 0.15) is 12.1 Å². The lowest BCUT2D eigenvalue weighted by molar-refractivity contribution is -0.385. The van der Waals surface area contributed by atoms with Crippen LogP contribution < -0.4 is 10.1 Å². The average molecular weight is 386 g/mol. The molecule has 0 unspecified atom stereocenters. The molecule has 0 amide bonds. The van der Waals surface area contributed by atoms with E-state index in [0.717, 1.165) is 22.8 Å². The highest BCUT2D eigenvalue weighted by atomic mass is 16.6. The second-order valence-corrected chi connectivity index (χ2v) is 6.38. The Morgan fingerprint density at radius 2 is 1.76 bits per heavy atom. The summed E-state index contributed by atoms with van der Waals surface area (Å²) in [7, 11) is 0. The summed E-state index contributed by atoms with van der Waals surface area (Å²) in [5, 5.41) is 16.8. The molecule has 144 valence electrons. The highest BCUT2D eigenvalue weighted by molar-refractivity contribution is 5.95. The third-order valence-electron chi connectivity index (χ3n) is 4.56. The van der Waals surface area contributed by atoms with Crippen LogP contribution >= 0.6 is 0 Å². The monoisotopic (exact) mass is 386 g/mol. The minimum Gasteiger partial charge on any atom is -0.434 e. The zero-order valence-corrected chi connectivity index (χ0v) is 15.7. The van der Waals surface area contributed by atoms with Crippen molar-refractivity contribution in [2.24, 2.45) is 0 Å². The fourth-order valence-corrected chi connectivity index (χ4v) is 3.06. The van der Waals surface area contributed by atoms with Crippen LogP contribution in [-0.2, 0) is 6.42 Å². The molecule has 0 saturated heterocycles. The van der Waals surface area contributed by atoms with Crippen LogP contribution in [0.5, 0.6) is 11.6 Å². The van der Waals surface area contributed by atoms with E-state index in [9.17, 15) is 10.1 Å². The number of anilines is 2. The number of rotatable bonds is 6. The smallest absolute Gasteiger partial charge is 0.373 e. The van der Waals surface area contributed by atoms with Gasteiger partial charge in [-0.3, -0.25) is 10.1 Å². The summed E-state index contributed by atoms with van der Waals surface area (Å²) < 4.78 is 5.70. The largest absolute Gasteiger partial charge is 0.434 e. The molecule has 3 aromatic carbocycles. The summed E-state index contributed by atoms with van der Waals surface area (Å²) in [6.07, 6.45) is 2.14. The van der Waals surface area contributed by atoms with Crippen molar-refractivity contribution in [2.45, 2.75) is 13.3 Å². The molecule has 4 rings (SSSR count). The Morgan fingerprint density at radius 1 is 1.00 bits per heavy atom. The molecule has 1 heterocycles. The predicted octanol–water partition coefficient (Wildman–Crippen LogP) is 5.64. The number of nitro groups is 1. The fraction of sp³-hybridized carbons (Fsp3) is 0.0909. The summed E-state index contributed by atoms with van der Waals surface area (Å²) in [6, 6.07) is 20.8. The molecule has 1 aromatic heterocycles. The number of nitrogens with zero attached hydrogens (tertiary/aromatic N) is 3. The van der Waals surface area contributed by atoms with Crippen molar-refractivity contribution in [3.63, 3.8) is 0 Å². The first-order valence-corrected chi connectivity index (χ1v) is 9.16. The quantitative estimate of drug-likeness (QED) is 0.341. The van der Waals surface area contributed by atoms with Gasteiger partial charge in [0.25, 0.3) is 0 Å². The standard InChI is InChI=1S/C22H18N4O3/c1-2-15-10-12-17(13-11-15)29-22-20(26(27)28)21(23-14-24-22)25-19-9-5-7-16-6-3-4-8-18(16)19/h3-14H,2H2,1H3,(H,23,24,25). The van der Waals surface area contributed by atoms with Gasteiger partial charge in [-0.1, -0.05) is 55.5 Å². The maximum Gasteiger partial charge on any atom is 0.373 e. The average Bonchev–Trinajstić information content (AvgIpc) is 2.74. The zero-order chi connectivity index (χ0) is 20.2. The second-order valence-electron chi connectivity index (χ2n) is 6.38. The Bertz CT molecular complexity index is 1170. The molecule has 7 heteroatoms. The third kappa shape index (κ3) is 3.84. The zero-order valence-electron chi connectivity index (χ0n) is 15.7. The van der Waals surface area contributed by atoms with Crippen molar-refractivity contribution in [3.05, 3.63) is 88.7 Å². The van der Waals surface area contributed by atoms with E-state index in [0.29, 0.717) is 11.4 Å². The molecule has 29 heavy (non-hydrogen) atoms. The van der Waals surface area contributed by atoms with Crippen LogP contribution in [0.25, 0.3) is 10.8 Å². The number of aryl methyl sites for hydroxylation is 1. The molecule has 0 aliphatic heterocycles. The molecule has 0 fully saturated rings. The number of nitrogens with one attached hydrogen (secondary N) is 1. The maximum atomic E-state index is 11.8. The van der Waals surface area contributed by atoms with E-state index in [2.05, 4.69) is 22.2 Å². The topological polar surface area (TPSA) is 90.2 Å². The molecule has 7 nitrogen and oxygen atoms in total. The normalized spacial score (nSPS) is 10.7. The van der Waals surface area contributed by atoms with E-state index in [-0.39, 0.29) is 17.4 Å². The molecular weight excluding hydrogens is 368 g/mol. The SMILES string of the molecule is CCc1ccc(Oc2ncnc(Nc3cccc4ccccc34)c2[N+](=O)[O-])cc1. The molecule has 0 radical (unpaired) electrons. The van der Waals surface area contributed by atoms with Gasteiger partial charge in [0, 0.05) is 11.1 Å². The van der Waals surface area contributed by atoms with E-state index < -0.39 is 4.92 Å². The predicted molar refractivity (Wildman–Crippen MR) is 112 cm³/mol. The van der Waals surface area contributed by atoms with Crippen molar-refractivity contribution in [1.82, 2.24) is 9.97 Å². The number of ether oxygens (including phenoxy) is 1. The Hall–Kier alpha value is -4.00.